The second-order valence-electron chi connectivity index (χ2n) is 2.76. The Balaban J connectivity index is 2.79. The fourth-order valence-corrected chi connectivity index (χ4v) is 1.63. The molecule has 1 aromatic carbocycles. The Labute approximate surface area is 90.2 Å². The molecule has 0 saturated carbocycles. The van der Waals surface area contributed by atoms with E-state index in [2.05, 4.69) is 0 Å². The van der Waals surface area contributed by atoms with Crippen LogP contribution in [0, 0.1) is 0 Å². The maximum absolute atomic E-state index is 12.1. The molecule has 0 amide bonds. The number of halogens is 3. The van der Waals surface area contributed by atoms with Crippen molar-refractivity contribution >= 4 is 17.8 Å². The highest BCUT2D eigenvalue weighted by molar-refractivity contribution is 8.00. The van der Waals surface area contributed by atoms with Gasteiger partial charge in [-0.25, -0.2) is 0 Å². The van der Waals surface area contributed by atoms with Crippen LogP contribution in [-0.4, -0.2) is 12.1 Å². The number of rotatable bonds is 3. The van der Waals surface area contributed by atoms with E-state index < -0.39 is 5.51 Å². The average molecular weight is 233 g/mol. The van der Waals surface area contributed by atoms with Crippen LogP contribution in [0.3, 0.4) is 0 Å². The number of nitrogens with two attached hydrogens (primary N) is 1. The standard InChI is InChI=1S/C10H10F3NS/c11-10(12,13)15-9-5-1-3-8(7-9)4-2-6-14/h1-5,7H,6,14H2/b4-2+. The number of benzene rings is 1. The van der Waals surface area contributed by atoms with Gasteiger partial charge in [0.2, 0.25) is 0 Å². The molecule has 0 spiro atoms. The van der Waals surface area contributed by atoms with Crippen LogP contribution in [0.1, 0.15) is 5.56 Å². The van der Waals surface area contributed by atoms with Crippen molar-refractivity contribution in [3.63, 3.8) is 0 Å². The lowest BCUT2D eigenvalue weighted by molar-refractivity contribution is -0.0328. The Morgan fingerprint density at radius 3 is 2.67 bits per heavy atom. The zero-order valence-electron chi connectivity index (χ0n) is 7.79. The van der Waals surface area contributed by atoms with Crippen molar-refractivity contribution in [1.29, 1.82) is 0 Å². The lowest BCUT2D eigenvalue weighted by Gasteiger charge is -2.05. The molecule has 0 bridgehead atoms. The predicted octanol–water partition coefficient (Wildman–Crippen LogP) is 3.27. The summed E-state index contributed by atoms with van der Waals surface area (Å²) >= 11 is -0.117. The van der Waals surface area contributed by atoms with Gasteiger partial charge < -0.3 is 5.73 Å². The molecule has 0 unspecified atom stereocenters. The summed E-state index contributed by atoms with van der Waals surface area (Å²) in [5, 5.41) is 0. The van der Waals surface area contributed by atoms with Gasteiger partial charge in [-0.2, -0.15) is 13.2 Å². The minimum atomic E-state index is -4.24. The van der Waals surface area contributed by atoms with E-state index in [4.69, 9.17) is 5.73 Å². The van der Waals surface area contributed by atoms with Crippen molar-refractivity contribution < 1.29 is 13.2 Å². The molecule has 0 atom stereocenters. The molecule has 1 rings (SSSR count). The van der Waals surface area contributed by atoms with Crippen LogP contribution in [0.4, 0.5) is 13.2 Å². The SMILES string of the molecule is NC/C=C/c1cccc(SC(F)(F)F)c1. The maximum atomic E-state index is 12.1. The number of hydrogen-bond acceptors (Lipinski definition) is 2. The molecular formula is C10H10F3NS. The van der Waals surface area contributed by atoms with E-state index in [0.717, 1.165) is 5.56 Å². The molecule has 15 heavy (non-hydrogen) atoms. The molecule has 0 aliphatic heterocycles. The molecule has 82 valence electrons. The highest BCUT2D eigenvalue weighted by Gasteiger charge is 2.28. The molecule has 5 heteroatoms. The average Bonchev–Trinajstić information content (AvgIpc) is 2.12. The third-order valence-corrected chi connectivity index (χ3v) is 2.26. The van der Waals surface area contributed by atoms with Crippen molar-refractivity contribution in [3.8, 4) is 0 Å². The van der Waals surface area contributed by atoms with Gasteiger partial charge in [-0.05, 0) is 29.5 Å². The van der Waals surface area contributed by atoms with Crippen molar-refractivity contribution in [2.75, 3.05) is 6.54 Å². The highest BCUT2D eigenvalue weighted by atomic mass is 32.2. The third kappa shape index (κ3) is 4.90. The van der Waals surface area contributed by atoms with Crippen LogP contribution in [0.15, 0.2) is 35.2 Å². The minimum Gasteiger partial charge on any atom is -0.327 e. The van der Waals surface area contributed by atoms with Gasteiger partial charge in [0, 0.05) is 11.4 Å². The summed E-state index contributed by atoms with van der Waals surface area (Å²) in [7, 11) is 0. The summed E-state index contributed by atoms with van der Waals surface area (Å²) in [5.41, 5.74) is 1.72. The van der Waals surface area contributed by atoms with Crippen molar-refractivity contribution in [2.45, 2.75) is 10.4 Å². The van der Waals surface area contributed by atoms with Crippen molar-refractivity contribution in [3.05, 3.63) is 35.9 Å². The molecule has 0 aromatic heterocycles. The second-order valence-corrected chi connectivity index (χ2v) is 3.90. The van der Waals surface area contributed by atoms with Crippen molar-refractivity contribution in [2.24, 2.45) is 5.73 Å². The zero-order chi connectivity index (χ0) is 11.3. The Kier molecular flexibility index (Phi) is 4.23. The Hall–Kier alpha value is -0.940. The van der Waals surface area contributed by atoms with Gasteiger partial charge in [0.1, 0.15) is 0 Å². The first-order chi connectivity index (χ1) is 7.01. The Bertz CT molecular complexity index is 347. The van der Waals surface area contributed by atoms with E-state index in [1.807, 2.05) is 0 Å². The van der Waals surface area contributed by atoms with Gasteiger partial charge >= 0.3 is 5.51 Å². The topological polar surface area (TPSA) is 26.0 Å². The molecule has 0 aliphatic carbocycles. The minimum absolute atomic E-state index is 0.117. The fraction of sp³-hybridized carbons (Fsp3) is 0.200. The van der Waals surface area contributed by atoms with Crippen LogP contribution < -0.4 is 5.73 Å². The largest absolute Gasteiger partial charge is 0.446 e. The lowest BCUT2D eigenvalue weighted by atomic mass is 10.2. The number of thioether (sulfide) groups is 1. The van der Waals surface area contributed by atoms with E-state index in [1.54, 1.807) is 24.3 Å². The van der Waals surface area contributed by atoms with Gasteiger partial charge in [0.05, 0.1) is 0 Å². The summed E-state index contributed by atoms with van der Waals surface area (Å²) in [6.45, 7) is 0.372. The summed E-state index contributed by atoms with van der Waals surface area (Å²) in [5.74, 6) is 0. The van der Waals surface area contributed by atoms with Gasteiger partial charge in [-0.1, -0.05) is 24.3 Å². The highest BCUT2D eigenvalue weighted by Crippen LogP contribution is 2.36. The third-order valence-electron chi connectivity index (χ3n) is 1.54. The Morgan fingerprint density at radius 1 is 1.33 bits per heavy atom. The smallest absolute Gasteiger partial charge is 0.327 e. The molecular weight excluding hydrogens is 223 g/mol. The fourth-order valence-electron chi connectivity index (χ4n) is 1.02. The van der Waals surface area contributed by atoms with Crippen molar-refractivity contribution in [1.82, 2.24) is 0 Å². The van der Waals surface area contributed by atoms with Crippen LogP contribution in [0.5, 0.6) is 0 Å². The second kappa shape index (κ2) is 5.23. The Morgan fingerprint density at radius 2 is 2.07 bits per heavy atom. The van der Waals surface area contributed by atoms with Crippen LogP contribution >= 0.6 is 11.8 Å². The van der Waals surface area contributed by atoms with Gasteiger partial charge in [0.25, 0.3) is 0 Å². The van der Waals surface area contributed by atoms with Crippen LogP contribution in [0.2, 0.25) is 0 Å². The zero-order valence-corrected chi connectivity index (χ0v) is 8.61. The molecule has 0 fully saturated rings. The molecule has 1 nitrogen and oxygen atoms in total. The summed E-state index contributed by atoms with van der Waals surface area (Å²) in [6, 6.07) is 6.22. The summed E-state index contributed by atoms with van der Waals surface area (Å²) in [4.78, 5) is 0.182. The molecule has 0 heterocycles. The van der Waals surface area contributed by atoms with E-state index in [1.165, 1.54) is 12.1 Å². The lowest BCUT2D eigenvalue weighted by Crippen LogP contribution is -1.98. The number of alkyl halides is 3. The van der Waals surface area contributed by atoms with E-state index >= 15 is 0 Å². The molecule has 0 saturated heterocycles. The van der Waals surface area contributed by atoms with Gasteiger partial charge in [-0.3, -0.25) is 0 Å². The molecule has 1 aromatic rings. The summed E-state index contributed by atoms with van der Waals surface area (Å²) in [6.07, 6.45) is 3.39. The van der Waals surface area contributed by atoms with Gasteiger partial charge in [-0.15, -0.1) is 0 Å². The van der Waals surface area contributed by atoms with Gasteiger partial charge in [0.15, 0.2) is 0 Å². The first-order valence-electron chi connectivity index (χ1n) is 4.24. The first-order valence-corrected chi connectivity index (χ1v) is 5.05. The molecule has 0 aliphatic rings. The predicted molar refractivity (Wildman–Crippen MR) is 56.4 cm³/mol. The van der Waals surface area contributed by atoms with E-state index in [0.29, 0.717) is 6.54 Å². The summed E-state index contributed by atoms with van der Waals surface area (Å²) < 4.78 is 36.2. The number of hydrogen-bond donors (Lipinski definition) is 1. The molecule has 0 radical (unpaired) electrons. The molecule has 2 N–H and O–H groups in total. The van der Waals surface area contributed by atoms with Crippen LogP contribution in [-0.2, 0) is 0 Å². The maximum Gasteiger partial charge on any atom is 0.446 e. The first kappa shape index (κ1) is 12.1. The monoisotopic (exact) mass is 233 g/mol. The normalized spacial score (nSPS) is 12.3. The van der Waals surface area contributed by atoms with E-state index in [-0.39, 0.29) is 16.7 Å². The van der Waals surface area contributed by atoms with Crippen LogP contribution in [0.25, 0.3) is 6.08 Å². The van der Waals surface area contributed by atoms with E-state index in [9.17, 15) is 13.2 Å². The quantitative estimate of drug-likeness (QED) is 0.811.